The number of hydrogen-bond donors (Lipinski definition) is 6. The first kappa shape index (κ1) is 39.4. The number of nitrogens with one attached hydrogen (secondary N) is 2. The molecule has 2 aromatic rings. The van der Waals surface area contributed by atoms with E-state index in [0.717, 1.165) is 0 Å². The van der Waals surface area contributed by atoms with E-state index in [4.69, 9.17) is 29.8 Å². The number of amides is 4. The largest absolute Gasteiger partial charge is 0.507 e. The van der Waals surface area contributed by atoms with Gasteiger partial charge in [0.1, 0.15) is 29.9 Å². The van der Waals surface area contributed by atoms with Crippen molar-refractivity contribution in [3.05, 3.63) is 51.6 Å². The number of carbonyl (C=O) groups is 6. The normalized spacial score (nSPS) is 32.7. The molecule has 4 saturated heterocycles. The summed E-state index contributed by atoms with van der Waals surface area (Å²) in [7, 11) is 2.77. The molecular formula is C39H44N4O16. The van der Waals surface area contributed by atoms with Crippen molar-refractivity contribution in [1.29, 1.82) is 0 Å². The quantitative estimate of drug-likeness (QED) is 0.0596. The molecule has 8 rings (SSSR count). The van der Waals surface area contributed by atoms with Gasteiger partial charge in [0.05, 0.1) is 42.1 Å². The third-order valence-electron chi connectivity index (χ3n) is 11.7. The van der Waals surface area contributed by atoms with Crippen LogP contribution in [0.3, 0.4) is 0 Å². The lowest BCUT2D eigenvalue weighted by Gasteiger charge is -2.46. The zero-order valence-electron chi connectivity index (χ0n) is 33.2. The number of ether oxygens (including phenoxy) is 6. The fourth-order valence-corrected chi connectivity index (χ4v) is 9.04. The van der Waals surface area contributed by atoms with Gasteiger partial charge in [-0.25, -0.2) is 0 Å². The monoisotopic (exact) mass is 826 g/mol. The smallest absolute Gasteiger partial charge is 0.252 e. The van der Waals surface area contributed by atoms with Crippen LogP contribution in [-0.2, 0) is 55.1 Å². The van der Waals surface area contributed by atoms with Crippen LogP contribution < -0.4 is 15.4 Å². The number of ketones is 2. The third-order valence-corrected chi connectivity index (χ3v) is 11.7. The molecule has 2 aliphatic carbocycles. The molecule has 4 aliphatic heterocycles. The number of aliphatic hydroxyl groups is 2. The number of methoxy groups -OCH3 is 2. The summed E-state index contributed by atoms with van der Waals surface area (Å²) in [5.41, 5.74) is -5.29. The lowest BCUT2D eigenvalue weighted by atomic mass is 9.71. The molecule has 0 saturated carbocycles. The maximum Gasteiger partial charge on any atom is 0.252 e. The molecule has 9 atom stereocenters. The summed E-state index contributed by atoms with van der Waals surface area (Å²) in [5, 5.41) is 53.5. The van der Waals surface area contributed by atoms with Crippen molar-refractivity contribution in [2.45, 2.75) is 87.4 Å². The molecule has 59 heavy (non-hydrogen) atoms. The highest BCUT2D eigenvalue weighted by Gasteiger charge is 2.59. The van der Waals surface area contributed by atoms with Crippen LogP contribution in [0.1, 0.15) is 76.9 Å². The van der Waals surface area contributed by atoms with Crippen molar-refractivity contribution in [3.63, 3.8) is 0 Å². The number of phenols is 2. The Morgan fingerprint density at radius 2 is 1.75 bits per heavy atom. The lowest BCUT2D eigenvalue weighted by Crippen LogP contribution is -2.59. The molecule has 6 aliphatic rings. The predicted molar refractivity (Wildman–Crippen MR) is 195 cm³/mol. The maximum atomic E-state index is 14.1. The predicted octanol–water partition coefficient (Wildman–Crippen LogP) is -1.36. The molecule has 0 aromatic heterocycles. The second-order valence-electron chi connectivity index (χ2n) is 15.2. The summed E-state index contributed by atoms with van der Waals surface area (Å²) < 4.78 is 42.8. The average molecular weight is 827 g/mol. The third kappa shape index (κ3) is 6.72. The number of hydrogen-bond acceptors (Lipinski definition) is 17. The Morgan fingerprint density at radius 3 is 2.46 bits per heavy atom. The summed E-state index contributed by atoms with van der Waals surface area (Å²) >= 11 is 0. The van der Waals surface area contributed by atoms with Gasteiger partial charge in [-0.1, -0.05) is 12.1 Å². The minimum Gasteiger partial charge on any atom is -0.507 e. The summed E-state index contributed by atoms with van der Waals surface area (Å²) in [6.45, 7) is 1.31. The van der Waals surface area contributed by atoms with Gasteiger partial charge in [0.15, 0.2) is 30.2 Å². The van der Waals surface area contributed by atoms with E-state index < -0.39 is 137 Å². The number of aromatic hydroxyl groups is 2. The van der Waals surface area contributed by atoms with Crippen molar-refractivity contribution < 1.29 is 79.0 Å². The van der Waals surface area contributed by atoms with E-state index in [0.29, 0.717) is 18.1 Å². The van der Waals surface area contributed by atoms with E-state index >= 15 is 0 Å². The van der Waals surface area contributed by atoms with E-state index in [-0.39, 0.29) is 48.8 Å². The van der Waals surface area contributed by atoms with Gasteiger partial charge in [0.25, 0.3) is 5.91 Å². The minimum absolute atomic E-state index is 0.0106. The van der Waals surface area contributed by atoms with E-state index in [9.17, 15) is 49.2 Å². The van der Waals surface area contributed by atoms with Gasteiger partial charge in [0, 0.05) is 77.4 Å². The highest BCUT2D eigenvalue weighted by Crippen LogP contribution is 2.54. The van der Waals surface area contributed by atoms with E-state index in [2.05, 4.69) is 10.6 Å². The lowest BCUT2D eigenvalue weighted by molar-refractivity contribution is -0.339. The van der Waals surface area contributed by atoms with Crippen molar-refractivity contribution >= 4 is 35.2 Å². The number of rotatable bonds is 10. The van der Waals surface area contributed by atoms with Gasteiger partial charge in [-0.05, 0) is 13.0 Å². The number of nitrogens with zero attached hydrogens (tertiary/aromatic N) is 2. The second-order valence-corrected chi connectivity index (χ2v) is 15.2. The average Bonchev–Trinajstić information content (AvgIpc) is 3.70. The number of fused-ring (bicyclic) bond motifs is 6. The van der Waals surface area contributed by atoms with Crippen LogP contribution in [0.25, 0.3) is 0 Å². The Labute approximate surface area is 337 Å². The molecular weight excluding hydrogens is 780 g/mol. The molecule has 1 unspecified atom stereocenters. The summed E-state index contributed by atoms with van der Waals surface area (Å²) in [6.07, 6.45) is -7.10. The number of carbonyl (C=O) groups excluding carboxylic acids is 6. The molecule has 20 heteroatoms. The molecule has 6 N–H and O–H groups in total. The van der Waals surface area contributed by atoms with Crippen LogP contribution in [-0.4, -0.2) is 155 Å². The van der Waals surface area contributed by atoms with E-state index in [1.807, 2.05) is 4.90 Å². The first-order valence-electron chi connectivity index (χ1n) is 19.6. The van der Waals surface area contributed by atoms with Gasteiger partial charge in [-0.3, -0.25) is 38.6 Å². The zero-order chi connectivity index (χ0) is 43.0. The number of benzene rings is 2. The molecule has 20 nitrogen and oxygen atoms in total. The molecule has 4 amide bonds. The highest BCUT2D eigenvalue weighted by molar-refractivity contribution is 6.31. The first-order valence-corrected chi connectivity index (χ1v) is 19.0. The Kier molecular flexibility index (Phi) is 10.2. The molecule has 4 heterocycles. The van der Waals surface area contributed by atoms with Crippen LogP contribution in [0.4, 0.5) is 0 Å². The maximum absolute atomic E-state index is 14.1. The number of likely N-dealkylation sites (tertiary alicyclic amines) is 1. The molecule has 316 valence electrons. The van der Waals surface area contributed by atoms with Crippen molar-refractivity contribution in [3.8, 4) is 17.2 Å². The van der Waals surface area contributed by atoms with E-state index in [1.54, 1.807) is 6.92 Å². The van der Waals surface area contributed by atoms with Gasteiger partial charge < -0.3 is 59.5 Å². The van der Waals surface area contributed by atoms with Crippen LogP contribution in [0.5, 0.6) is 17.2 Å². The topological polar surface area (TPSA) is 269 Å². The second kappa shape index (κ2) is 15.2. The molecule has 0 bridgehead atoms. The van der Waals surface area contributed by atoms with Gasteiger partial charge in [-0.15, -0.1) is 0 Å². The number of morpholine rings is 1. The van der Waals surface area contributed by atoms with Crippen molar-refractivity contribution in [2.75, 3.05) is 47.0 Å². The van der Waals surface area contributed by atoms with Crippen LogP contribution in [0.2, 0.25) is 0 Å². The number of phenolic OH excluding ortho intramolecular Hbond substituents is 2. The van der Waals surface area contributed by atoms with Gasteiger partial charge in [-0.2, -0.15) is 0 Å². The Morgan fingerprint density at radius 1 is 1.00 bits per heavy atom. The zero-order valence-corrected chi connectivity index (χ0v) is 32.2. The van der Waals surface area contributed by atoms with Crippen molar-refractivity contribution in [2.24, 2.45) is 0 Å². The van der Waals surface area contributed by atoms with Crippen LogP contribution in [0.15, 0.2) is 18.2 Å². The highest BCUT2D eigenvalue weighted by atomic mass is 16.8. The number of imide groups is 1. The summed E-state index contributed by atoms with van der Waals surface area (Å²) in [4.78, 5) is 81.3. The summed E-state index contributed by atoms with van der Waals surface area (Å²) in [5.74, 6) is -9.84. The van der Waals surface area contributed by atoms with E-state index in [1.165, 1.54) is 32.4 Å². The Balaban J connectivity index is 1.10. The molecule has 0 spiro atoms. The SMILES string of the molecule is [3H]C1CC(=O)N(CC(=O)NCCNC(=O)[C@]2(O)Cc3c(O)c4c(c(O)c3[C@@](O)(O[C@H]3C[C@H]5[C@H](O[C@@H]6[C@@H](OC)OCCN65)[C@H](C)O3)C2)C(=O)c2c(OC)cccc2C4=O)C1=O. The van der Waals surface area contributed by atoms with Gasteiger partial charge >= 0.3 is 0 Å². The minimum atomic E-state index is -2.88. The Bertz CT molecular complexity index is 2190. The van der Waals surface area contributed by atoms with Gasteiger partial charge in [0.2, 0.25) is 29.3 Å². The molecule has 0 radical (unpaired) electrons. The molecule has 4 fully saturated rings. The van der Waals surface area contributed by atoms with Crippen molar-refractivity contribution in [1.82, 2.24) is 20.4 Å². The van der Waals surface area contributed by atoms with Crippen LogP contribution in [0, 0.1) is 0 Å². The fraction of sp³-hybridized carbons (Fsp3) is 0.538. The first-order chi connectivity index (χ1) is 28.5. The molecule has 2 aromatic carbocycles. The summed E-state index contributed by atoms with van der Waals surface area (Å²) in [6, 6.07) is 3.87. The Hall–Kier alpha value is -5.06. The fourth-order valence-electron chi connectivity index (χ4n) is 9.04. The standard InChI is InChI=1S/C39H44N4O16/c1-17-34-20(42-11-12-56-36(55-3)35(42)58-34)13-25(57-17)59-39(53)16-38(52,37(51)41-10-9-40-22(44)15-43-23(45)7-8-24(43)46)14-19-29(39)33(50)28-27(31(19)48)30(47)18-5-4-6-21(54-2)26(18)32(28)49/h4-6,17,20,25,34-36,48,50,52-53H,7-16H2,1-3H3,(H,40,44)(H,41,51)/t17-,20-,25-,34+,35+,36-,38-,39-/m0/s1/i7T/t7?,17-,20-,25-,34+,35+,36-,38-,39-. The van der Waals surface area contributed by atoms with Crippen LogP contribution >= 0.6 is 0 Å².